The summed E-state index contributed by atoms with van der Waals surface area (Å²) in [6.07, 6.45) is 2.96. The van der Waals surface area contributed by atoms with Gasteiger partial charge in [0.15, 0.2) is 0 Å². The SMILES string of the molecule is C/C(Cn1nnc([N+](=O)[O-])n1)=N/NC(=O)c1cccnc1. The lowest BCUT2D eigenvalue weighted by Crippen LogP contribution is -2.21. The molecule has 11 heteroatoms. The number of nitrogens with one attached hydrogen (secondary N) is 1. The minimum atomic E-state index is -0.750. The van der Waals surface area contributed by atoms with Gasteiger partial charge in [-0.15, -0.1) is 0 Å². The molecule has 2 heterocycles. The maximum atomic E-state index is 11.7. The van der Waals surface area contributed by atoms with Gasteiger partial charge in [-0.05, 0) is 24.0 Å². The lowest BCUT2D eigenvalue weighted by molar-refractivity contribution is -0.394. The molecule has 11 nitrogen and oxygen atoms in total. The second-order valence-corrected chi connectivity index (χ2v) is 3.91. The van der Waals surface area contributed by atoms with Gasteiger partial charge in [-0.3, -0.25) is 9.78 Å². The van der Waals surface area contributed by atoms with Crippen molar-refractivity contribution < 1.29 is 9.72 Å². The molecule has 1 N–H and O–H groups in total. The Morgan fingerprint density at radius 1 is 1.57 bits per heavy atom. The first-order chi connectivity index (χ1) is 10.1. The maximum absolute atomic E-state index is 11.7. The zero-order chi connectivity index (χ0) is 15.2. The molecule has 0 radical (unpaired) electrons. The van der Waals surface area contributed by atoms with Crippen LogP contribution in [-0.4, -0.2) is 41.7 Å². The highest BCUT2D eigenvalue weighted by molar-refractivity contribution is 5.94. The Morgan fingerprint density at radius 3 is 3.00 bits per heavy atom. The van der Waals surface area contributed by atoms with Crippen molar-refractivity contribution in [3.05, 3.63) is 40.2 Å². The zero-order valence-electron chi connectivity index (χ0n) is 10.9. The molecule has 2 rings (SSSR count). The van der Waals surface area contributed by atoms with E-state index in [1.54, 1.807) is 25.3 Å². The standard InChI is InChI=1S/C10H10N8O3/c1-7(6-17-15-10(14-16-17)18(20)21)12-13-9(19)8-3-2-4-11-5-8/h2-5H,6H2,1H3,(H,13,19)/b12-7-. The minimum absolute atomic E-state index is 0.0637. The van der Waals surface area contributed by atoms with E-state index in [0.29, 0.717) is 11.3 Å². The third-order valence-corrected chi connectivity index (χ3v) is 2.25. The number of hydrogen-bond donors (Lipinski definition) is 1. The van der Waals surface area contributed by atoms with Crippen LogP contribution < -0.4 is 5.43 Å². The number of tetrazole rings is 1. The first kappa shape index (κ1) is 14.2. The van der Waals surface area contributed by atoms with Gasteiger partial charge >= 0.3 is 5.95 Å². The summed E-state index contributed by atoms with van der Waals surface area (Å²) in [5.41, 5.74) is 3.14. The van der Waals surface area contributed by atoms with Crippen LogP contribution in [0.15, 0.2) is 29.6 Å². The third kappa shape index (κ3) is 3.86. The molecule has 108 valence electrons. The fourth-order valence-electron chi connectivity index (χ4n) is 1.32. The lowest BCUT2D eigenvalue weighted by atomic mass is 10.3. The molecular weight excluding hydrogens is 280 g/mol. The summed E-state index contributed by atoms with van der Waals surface area (Å²) in [7, 11) is 0. The summed E-state index contributed by atoms with van der Waals surface area (Å²) in [6, 6.07) is 3.22. The summed E-state index contributed by atoms with van der Waals surface area (Å²) in [6.45, 7) is 1.67. The van der Waals surface area contributed by atoms with Crippen molar-refractivity contribution in [1.82, 2.24) is 30.6 Å². The van der Waals surface area contributed by atoms with E-state index in [9.17, 15) is 14.9 Å². The molecule has 0 aliphatic rings. The number of nitro groups is 1. The van der Waals surface area contributed by atoms with Crippen LogP contribution in [0.5, 0.6) is 0 Å². The van der Waals surface area contributed by atoms with E-state index in [1.165, 1.54) is 6.20 Å². The highest BCUT2D eigenvalue weighted by Gasteiger charge is 2.15. The molecule has 2 aromatic heterocycles. The zero-order valence-corrected chi connectivity index (χ0v) is 10.9. The number of nitrogens with zero attached hydrogens (tertiary/aromatic N) is 7. The van der Waals surface area contributed by atoms with E-state index in [0.717, 1.165) is 4.80 Å². The van der Waals surface area contributed by atoms with Gasteiger partial charge in [-0.2, -0.15) is 5.10 Å². The average Bonchev–Trinajstić information content (AvgIpc) is 2.94. The Bertz CT molecular complexity index is 681. The van der Waals surface area contributed by atoms with Gasteiger partial charge in [0.25, 0.3) is 5.91 Å². The van der Waals surface area contributed by atoms with Crippen molar-refractivity contribution in [2.75, 3.05) is 0 Å². The molecular formula is C10H10N8O3. The fourth-order valence-corrected chi connectivity index (χ4v) is 1.32. The maximum Gasteiger partial charge on any atom is 0.514 e. The smallest absolute Gasteiger partial charge is 0.390 e. The van der Waals surface area contributed by atoms with Crippen LogP contribution in [0.1, 0.15) is 17.3 Å². The Morgan fingerprint density at radius 2 is 2.38 bits per heavy atom. The Balaban J connectivity index is 1.95. The van der Waals surface area contributed by atoms with E-state index < -0.39 is 16.8 Å². The predicted octanol–water partition coefficient (Wildman–Crippen LogP) is -0.218. The quantitative estimate of drug-likeness (QED) is 0.455. The van der Waals surface area contributed by atoms with Crippen molar-refractivity contribution in [2.24, 2.45) is 5.10 Å². The minimum Gasteiger partial charge on any atom is -0.390 e. The second-order valence-electron chi connectivity index (χ2n) is 3.91. The van der Waals surface area contributed by atoms with E-state index in [2.05, 4.69) is 30.9 Å². The number of pyridine rings is 1. The molecule has 0 aromatic carbocycles. The number of hydrazone groups is 1. The number of aromatic nitrogens is 5. The van der Waals surface area contributed by atoms with Crippen molar-refractivity contribution in [3.8, 4) is 0 Å². The second kappa shape index (κ2) is 6.27. The lowest BCUT2D eigenvalue weighted by Gasteiger charge is -2.00. The van der Waals surface area contributed by atoms with Crippen LogP contribution in [0, 0.1) is 10.1 Å². The molecule has 1 amide bonds. The van der Waals surface area contributed by atoms with Crippen molar-refractivity contribution in [2.45, 2.75) is 13.5 Å². The largest absolute Gasteiger partial charge is 0.514 e. The molecule has 2 aromatic rings. The van der Waals surface area contributed by atoms with Gasteiger partial charge in [-0.25, -0.2) is 5.43 Å². The summed E-state index contributed by atoms with van der Waals surface area (Å²) < 4.78 is 0. The molecule has 0 atom stereocenters. The van der Waals surface area contributed by atoms with Crippen LogP contribution in [0.3, 0.4) is 0 Å². The molecule has 0 bridgehead atoms. The fraction of sp³-hybridized carbons (Fsp3) is 0.200. The van der Waals surface area contributed by atoms with Crippen LogP contribution in [0.25, 0.3) is 0 Å². The first-order valence-electron chi connectivity index (χ1n) is 5.72. The number of amides is 1. The van der Waals surface area contributed by atoms with E-state index in [-0.39, 0.29) is 6.54 Å². The molecule has 0 saturated heterocycles. The van der Waals surface area contributed by atoms with E-state index >= 15 is 0 Å². The van der Waals surface area contributed by atoms with Gasteiger partial charge in [0.05, 0.1) is 21.5 Å². The normalized spacial score (nSPS) is 11.2. The molecule has 0 unspecified atom stereocenters. The average molecular weight is 290 g/mol. The summed E-state index contributed by atoms with van der Waals surface area (Å²) >= 11 is 0. The highest BCUT2D eigenvalue weighted by atomic mass is 16.6. The van der Waals surface area contributed by atoms with Crippen LogP contribution in [0.2, 0.25) is 0 Å². The summed E-state index contributed by atoms with van der Waals surface area (Å²) in [5.74, 6) is -1.01. The van der Waals surface area contributed by atoms with Gasteiger partial charge in [-0.1, -0.05) is 4.80 Å². The van der Waals surface area contributed by atoms with Gasteiger partial charge < -0.3 is 10.1 Å². The van der Waals surface area contributed by atoms with Gasteiger partial charge in [0, 0.05) is 17.6 Å². The van der Waals surface area contributed by atoms with Crippen LogP contribution >= 0.6 is 0 Å². The van der Waals surface area contributed by atoms with Gasteiger partial charge in [0.1, 0.15) is 6.54 Å². The monoisotopic (exact) mass is 290 g/mol. The molecule has 0 fully saturated rings. The summed E-state index contributed by atoms with van der Waals surface area (Å²) in [5, 5.41) is 24.5. The van der Waals surface area contributed by atoms with E-state index in [1.807, 2.05) is 0 Å². The molecule has 21 heavy (non-hydrogen) atoms. The molecule has 0 aliphatic carbocycles. The Kier molecular flexibility index (Phi) is 4.23. The van der Waals surface area contributed by atoms with Crippen LogP contribution in [-0.2, 0) is 6.54 Å². The molecule has 0 saturated carbocycles. The number of rotatable bonds is 5. The molecule has 0 aliphatic heterocycles. The van der Waals surface area contributed by atoms with E-state index in [4.69, 9.17) is 0 Å². The van der Waals surface area contributed by atoms with Crippen molar-refractivity contribution in [3.63, 3.8) is 0 Å². The number of carbonyl (C=O) groups is 1. The van der Waals surface area contributed by atoms with Crippen molar-refractivity contribution >= 4 is 17.6 Å². The number of carbonyl (C=O) groups excluding carboxylic acids is 1. The van der Waals surface area contributed by atoms with Crippen molar-refractivity contribution in [1.29, 1.82) is 0 Å². The van der Waals surface area contributed by atoms with Crippen LogP contribution in [0.4, 0.5) is 5.95 Å². The summed E-state index contributed by atoms with van der Waals surface area (Å²) in [4.78, 5) is 26.2. The first-order valence-corrected chi connectivity index (χ1v) is 5.72. The topological polar surface area (TPSA) is 141 Å². The van der Waals surface area contributed by atoms with Gasteiger partial charge in [0.2, 0.25) is 0 Å². The highest BCUT2D eigenvalue weighted by Crippen LogP contribution is 1.97. The Labute approximate surface area is 117 Å². The Hall–Kier alpha value is -3.24. The third-order valence-electron chi connectivity index (χ3n) is 2.25. The molecule has 0 spiro atoms. The number of hydrogen-bond acceptors (Lipinski definition) is 8. The predicted molar refractivity (Wildman–Crippen MR) is 69.3 cm³/mol.